The third kappa shape index (κ3) is 6.30. The summed E-state index contributed by atoms with van der Waals surface area (Å²) in [6, 6.07) is 0. The molecule has 1 rings (SSSR count). The monoisotopic (exact) mass is 250 g/mol. The number of ether oxygens (including phenoxy) is 1. The topological polar surface area (TPSA) is 64.4 Å². The summed E-state index contributed by atoms with van der Waals surface area (Å²) < 4.78 is 5.64. The van der Waals surface area contributed by atoms with E-state index in [0.29, 0.717) is 31.7 Å². The zero-order chi connectivity index (χ0) is 11.1. The highest BCUT2D eigenvalue weighted by atomic mass is 35.5. The Morgan fingerprint density at radius 2 is 2.25 bits per heavy atom. The number of carbonyl (C=O) groups is 1. The summed E-state index contributed by atoms with van der Waals surface area (Å²) in [5, 5.41) is 2.84. The number of carbonyl (C=O) groups excluding carboxylic acids is 1. The second-order valence-corrected chi connectivity index (χ2v) is 4.18. The molecule has 0 radical (unpaired) electrons. The lowest BCUT2D eigenvalue weighted by Crippen LogP contribution is -2.26. The highest BCUT2D eigenvalue weighted by molar-refractivity contribution is 5.85. The molecular weight excluding hydrogens is 228 g/mol. The number of amides is 1. The van der Waals surface area contributed by atoms with Crippen LogP contribution in [-0.4, -0.2) is 31.2 Å². The summed E-state index contributed by atoms with van der Waals surface area (Å²) in [6.45, 7) is 3.40. The number of rotatable bonds is 6. The summed E-state index contributed by atoms with van der Waals surface area (Å²) in [6.07, 6.45) is 5.15. The van der Waals surface area contributed by atoms with Crippen LogP contribution in [0.4, 0.5) is 0 Å². The quantitative estimate of drug-likeness (QED) is 0.697. The smallest absolute Gasteiger partial charge is 0.220 e. The normalized spacial score (nSPS) is 23.9. The van der Waals surface area contributed by atoms with Crippen LogP contribution >= 0.6 is 12.4 Å². The third-order valence-electron chi connectivity index (χ3n) is 2.72. The van der Waals surface area contributed by atoms with Gasteiger partial charge in [0.05, 0.1) is 12.2 Å². The van der Waals surface area contributed by atoms with Gasteiger partial charge in [0.25, 0.3) is 0 Å². The zero-order valence-corrected chi connectivity index (χ0v) is 10.7. The Bertz CT molecular complexity index is 202. The summed E-state index contributed by atoms with van der Waals surface area (Å²) >= 11 is 0. The van der Waals surface area contributed by atoms with Crippen LogP contribution in [0, 0.1) is 0 Å². The van der Waals surface area contributed by atoms with E-state index in [4.69, 9.17) is 10.5 Å². The van der Waals surface area contributed by atoms with Gasteiger partial charge in [-0.25, -0.2) is 0 Å². The fourth-order valence-electron chi connectivity index (χ4n) is 1.81. The van der Waals surface area contributed by atoms with Gasteiger partial charge in [0.2, 0.25) is 5.91 Å². The minimum Gasteiger partial charge on any atom is -0.375 e. The largest absolute Gasteiger partial charge is 0.375 e. The SMILES string of the molecule is CC1CCC(CCC(=O)NCCCN)O1.Cl. The first kappa shape index (κ1) is 15.7. The molecule has 0 saturated carbocycles. The maximum Gasteiger partial charge on any atom is 0.220 e. The molecule has 0 aromatic rings. The fraction of sp³-hybridized carbons (Fsp3) is 0.909. The maximum atomic E-state index is 11.3. The molecule has 5 heteroatoms. The molecule has 1 saturated heterocycles. The molecule has 0 aliphatic carbocycles. The summed E-state index contributed by atoms with van der Waals surface area (Å²) in [7, 11) is 0. The van der Waals surface area contributed by atoms with Gasteiger partial charge in [0, 0.05) is 13.0 Å². The Morgan fingerprint density at radius 3 is 2.81 bits per heavy atom. The lowest BCUT2D eigenvalue weighted by molar-refractivity contribution is -0.121. The first-order chi connectivity index (χ1) is 7.22. The Kier molecular flexibility index (Phi) is 8.61. The van der Waals surface area contributed by atoms with Crippen molar-refractivity contribution >= 4 is 18.3 Å². The standard InChI is InChI=1S/C11H22N2O2.ClH/c1-9-3-4-10(15-9)5-6-11(14)13-8-2-7-12;/h9-10H,2-8,12H2,1H3,(H,13,14);1H. The molecule has 1 aliphatic heterocycles. The van der Waals surface area contributed by atoms with Crippen LogP contribution in [0.2, 0.25) is 0 Å². The number of hydrogen-bond acceptors (Lipinski definition) is 3. The van der Waals surface area contributed by atoms with Gasteiger partial charge in [-0.2, -0.15) is 0 Å². The Labute approximate surface area is 104 Å². The predicted octanol–water partition coefficient (Wildman–Crippen LogP) is 1.22. The Morgan fingerprint density at radius 1 is 1.50 bits per heavy atom. The molecule has 0 aromatic carbocycles. The van der Waals surface area contributed by atoms with Gasteiger partial charge in [0.15, 0.2) is 0 Å². The maximum absolute atomic E-state index is 11.3. The van der Waals surface area contributed by atoms with Crippen molar-refractivity contribution < 1.29 is 9.53 Å². The lowest BCUT2D eigenvalue weighted by atomic mass is 10.1. The van der Waals surface area contributed by atoms with E-state index in [9.17, 15) is 4.79 Å². The van der Waals surface area contributed by atoms with Crippen molar-refractivity contribution in [3.05, 3.63) is 0 Å². The third-order valence-corrected chi connectivity index (χ3v) is 2.72. The fourth-order valence-corrected chi connectivity index (χ4v) is 1.81. The molecule has 2 unspecified atom stereocenters. The van der Waals surface area contributed by atoms with E-state index in [2.05, 4.69) is 12.2 Å². The average molecular weight is 251 g/mol. The van der Waals surface area contributed by atoms with Gasteiger partial charge in [-0.05, 0) is 39.2 Å². The number of hydrogen-bond donors (Lipinski definition) is 2. The van der Waals surface area contributed by atoms with Gasteiger partial charge >= 0.3 is 0 Å². The van der Waals surface area contributed by atoms with Crippen molar-refractivity contribution in [2.75, 3.05) is 13.1 Å². The molecule has 0 aromatic heterocycles. The molecule has 2 atom stereocenters. The first-order valence-electron chi connectivity index (χ1n) is 5.84. The van der Waals surface area contributed by atoms with Crippen LogP contribution in [0.1, 0.15) is 39.0 Å². The van der Waals surface area contributed by atoms with E-state index in [0.717, 1.165) is 25.7 Å². The van der Waals surface area contributed by atoms with Gasteiger partial charge in [-0.1, -0.05) is 0 Å². The van der Waals surface area contributed by atoms with Crippen molar-refractivity contribution in [2.24, 2.45) is 5.73 Å². The predicted molar refractivity (Wildman–Crippen MR) is 66.7 cm³/mol. The van der Waals surface area contributed by atoms with Crippen molar-refractivity contribution in [2.45, 2.75) is 51.2 Å². The first-order valence-corrected chi connectivity index (χ1v) is 5.84. The summed E-state index contributed by atoms with van der Waals surface area (Å²) in [5.74, 6) is 0.117. The van der Waals surface area contributed by atoms with Gasteiger partial charge in [0.1, 0.15) is 0 Å². The van der Waals surface area contributed by atoms with Crippen molar-refractivity contribution in [1.29, 1.82) is 0 Å². The molecular formula is C11H23ClN2O2. The van der Waals surface area contributed by atoms with Gasteiger partial charge in [-0.15, -0.1) is 12.4 Å². The molecule has 1 amide bonds. The lowest BCUT2D eigenvalue weighted by Gasteiger charge is -2.10. The number of halogens is 1. The number of nitrogens with one attached hydrogen (secondary N) is 1. The Balaban J connectivity index is 0.00000225. The van der Waals surface area contributed by atoms with Crippen LogP contribution in [0.3, 0.4) is 0 Å². The second-order valence-electron chi connectivity index (χ2n) is 4.18. The average Bonchev–Trinajstić information content (AvgIpc) is 2.62. The highest BCUT2D eigenvalue weighted by Gasteiger charge is 2.21. The van der Waals surface area contributed by atoms with Crippen molar-refractivity contribution in [3.8, 4) is 0 Å². The molecule has 0 bridgehead atoms. The summed E-state index contributed by atoms with van der Waals surface area (Å²) in [4.78, 5) is 11.3. The molecule has 3 N–H and O–H groups in total. The van der Waals surface area contributed by atoms with Crippen LogP contribution in [0.5, 0.6) is 0 Å². The van der Waals surface area contributed by atoms with E-state index >= 15 is 0 Å². The summed E-state index contributed by atoms with van der Waals surface area (Å²) in [5.41, 5.74) is 5.33. The van der Waals surface area contributed by atoms with E-state index in [1.807, 2.05) is 0 Å². The van der Waals surface area contributed by atoms with E-state index in [1.54, 1.807) is 0 Å². The van der Waals surface area contributed by atoms with Crippen molar-refractivity contribution in [3.63, 3.8) is 0 Å². The van der Waals surface area contributed by atoms with Gasteiger partial charge < -0.3 is 15.8 Å². The molecule has 1 fully saturated rings. The molecule has 1 aliphatic rings. The molecule has 0 spiro atoms. The van der Waals surface area contributed by atoms with Gasteiger partial charge in [-0.3, -0.25) is 4.79 Å². The van der Waals surface area contributed by atoms with Crippen LogP contribution < -0.4 is 11.1 Å². The molecule has 1 heterocycles. The second kappa shape index (κ2) is 8.79. The van der Waals surface area contributed by atoms with E-state index in [1.165, 1.54) is 0 Å². The molecule has 16 heavy (non-hydrogen) atoms. The van der Waals surface area contributed by atoms with Crippen LogP contribution in [0.25, 0.3) is 0 Å². The minimum atomic E-state index is 0. The van der Waals surface area contributed by atoms with E-state index < -0.39 is 0 Å². The highest BCUT2D eigenvalue weighted by Crippen LogP contribution is 2.22. The van der Waals surface area contributed by atoms with Crippen LogP contribution in [-0.2, 0) is 9.53 Å². The van der Waals surface area contributed by atoms with Crippen LogP contribution in [0.15, 0.2) is 0 Å². The number of nitrogens with two attached hydrogens (primary N) is 1. The Hall–Kier alpha value is -0.320. The molecule has 96 valence electrons. The van der Waals surface area contributed by atoms with E-state index in [-0.39, 0.29) is 18.3 Å². The molecule has 4 nitrogen and oxygen atoms in total. The van der Waals surface area contributed by atoms with Crippen molar-refractivity contribution in [1.82, 2.24) is 5.32 Å². The minimum absolute atomic E-state index is 0. The zero-order valence-electron chi connectivity index (χ0n) is 9.91.